The van der Waals surface area contributed by atoms with Gasteiger partial charge in [-0.2, -0.15) is 4.98 Å². The number of aryl methyl sites for hydroxylation is 1. The summed E-state index contributed by atoms with van der Waals surface area (Å²) in [6.07, 6.45) is 3.79. The molecule has 0 unspecified atom stereocenters. The summed E-state index contributed by atoms with van der Waals surface area (Å²) < 4.78 is 5.05. The van der Waals surface area contributed by atoms with Gasteiger partial charge >= 0.3 is 0 Å². The summed E-state index contributed by atoms with van der Waals surface area (Å²) in [4.78, 5) is 6.73. The van der Waals surface area contributed by atoms with Crippen LogP contribution >= 0.6 is 0 Å². The molecule has 0 spiro atoms. The van der Waals surface area contributed by atoms with Gasteiger partial charge in [-0.15, -0.1) is 5.10 Å². The molecule has 0 atom stereocenters. The van der Waals surface area contributed by atoms with E-state index < -0.39 is 0 Å². The van der Waals surface area contributed by atoms with E-state index in [0.717, 1.165) is 49.7 Å². The van der Waals surface area contributed by atoms with E-state index in [1.54, 1.807) is 6.20 Å². The van der Waals surface area contributed by atoms with Crippen molar-refractivity contribution in [3.05, 3.63) is 12.0 Å². The quantitative estimate of drug-likeness (QED) is 0.878. The van der Waals surface area contributed by atoms with Gasteiger partial charge in [-0.25, -0.2) is 0 Å². The van der Waals surface area contributed by atoms with Gasteiger partial charge in [-0.05, 0) is 31.7 Å². The summed E-state index contributed by atoms with van der Waals surface area (Å²) in [5.41, 5.74) is 6.94. The van der Waals surface area contributed by atoms with E-state index in [0.29, 0.717) is 5.82 Å². The number of piperidine rings is 1. The molecule has 0 bridgehead atoms. The Hall–Kier alpha value is -1.89. The van der Waals surface area contributed by atoms with Crippen LogP contribution in [0.4, 0.5) is 5.95 Å². The predicted octanol–water partition coefficient (Wildman–Crippen LogP) is 1.33. The number of nitrogens with zero attached hydrogens (tertiary/aromatic N) is 4. The van der Waals surface area contributed by atoms with Crippen molar-refractivity contribution in [2.45, 2.75) is 26.7 Å². The minimum atomic E-state index is 0.251. The molecular formula is C13H20N6O. The first-order valence-corrected chi connectivity index (χ1v) is 6.90. The van der Waals surface area contributed by atoms with E-state index in [9.17, 15) is 0 Å². The maximum atomic E-state index is 5.83. The zero-order chi connectivity index (χ0) is 14.2. The van der Waals surface area contributed by atoms with Gasteiger partial charge in [-0.1, -0.05) is 12.1 Å². The van der Waals surface area contributed by atoms with Crippen molar-refractivity contribution in [3.63, 3.8) is 0 Å². The normalized spacial score (nSPS) is 18.4. The first-order chi connectivity index (χ1) is 9.61. The predicted molar refractivity (Wildman–Crippen MR) is 75.2 cm³/mol. The Balaban J connectivity index is 1.74. The molecule has 3 N–H and O–H groups in total. The summed E-state index contributed by atoms with van der Waals surface area (Å²) >= 11 is 0. The van der Waals surface area contributed by atoms with E-state index >= 15 is 0 Å². The van der Waals surface area contributed by atoms with Crippen LogP contribution in [0.1, 0.15) is 25.5 Å². The van der Waals surface area contributed by atoms with Gasteiger partial charge in [0.05, 0.1) is 11.8 Å². The van der Waals surface area contributed by atoms with Crippen molar-refractivity contribution >= 4 is 5.95 Å². The van der Waals surface area contributed by atoms with Crippen molar-refractivity contribution in [1.29, 1.82) is 0 Å². The number of aromatic nitrogens is 4. The molecule has 0 radical (unpaired) electrons. The highest BCUT2D eigenvalue weighted by Gasteiger charge is 2.30. The second kappa shape index (κ2) is 4.90. The fourth-order valence-corrected chi connectivity index (χ4v) is 2.49. The van der Waals surface area contributed by atoms with Crippen LogP contribution in [0.3, 0.4) is 0 Å². The van der Waals surface area contributed by atoms with Gasteiger partial charge in [0.1, 0.15) is 5.76 Å². The molecule has 2 aromatic rings. The topological polar surface area (TPSA) is 96.9 Å². The second-order valence-electron chi connectivity index (χ2n) is 5.78. The van der Waals surface area contributed by atoms with Crippen LogP contribution in [0.15, 0.2) is 10.7 Å². The highest BCUT2D eigenvalue weighted by molar-refractivity contribution is 5.57. The molecular weight excluding hydrogens is 256 g/mol. The van der Waals surface area contributed by atoms with Gasteiger partial charge in [0.15, 0.2) is 5.82 Å². The Morgan fingerprint density at radius 1 is 1.45 bits per heavy atom. The van der Waals surface area contributed by atoms with E-state index in [-0.39, 0.29) is 5.41 Å². The second-order valence-corrected chi connectivity index (χ2v) is 5.78. The molecule has 0 aliphatic carbocycles. The van der Waals surface area contributed by atoms with E-state index in [2.05, 4.69) is 32.2 Å². The molecule has 3 heterocycles. The average Bonchev–Trinajstić information content (AvgIpc) is 3.08. The summed E-state index contributed by atoms with van der Waals surface area (Å²) in [5, 5.41) is 11.0. The maximum Gasteiger partial charge on any atom is 0.245 e. The molecule has 1 aliphatic rings. The van der Waals surface area contributed by atoms with Gasteiger partial charge in [0, 0.05) is 13.1 Å². The third-order valence-electron chi connectivity index (χ3n) is 4.23. The van der Waals surface area contributed by atoms with Crippen molar-refractivity contribution in [3.8, 4) is 11.4 Å². The Bertz CT molecular complexity index is 581. The number of hydrogen-bond acceptors (Lipinski definition) is 6. The molecule has 0 amide bonds. The van der Waals surface area contributed by atoms with Crippen molar-refractivity contribution < 1.29 is 4.52 Å². The monoisotopic (exact) mass is 276 g/mol. The molecule has 3 rings (SSSR count). The molecule has 2 aromatic heterocycles. The average molecular weight is 276 g/mol. The van der Waals surface area contributed by atoms with Crippen LogP contribution in [-0.2, 0) is 0 Å². The molecule has 0 saturated carbocycles. The number of nitrogens with one attached hydrogen (secondary N) is 1. The molecule has 0 aromatic carbocycles. The largest absolute Gasteiger partial charge is 0.361 e. The molecule has 20 heavy (non-hydrogen) atoms. The van der Waals surface area contributed by atoms with Gasteiger partial charge in [0.25, 0.3) is 0 Å². The summed E-state index contributed by atoms with van der Waals surface area (Å²) in [6.45, 7) is 6.72. The standard InChI is InChI=1S/C13H20N6O/c1-9-10(7-15-20-9)11-16-12(18-17-11)19-5-3-13(2,8-14)4-6-19/h7H,3-6,8,14H2,1-2H3,(H,16,17,18). The number of rotatable bonds is 3. The Morgan fingerprint density at radius 3 is 2.80 bits per heavy atom. The van der Waals surface area contributed by atoms with Crippen LogP contribution in [0.5, 0.6) is 0 Å². The molecule has 108 valence electrons. The summed E-state index contributed by atoms with van der Waals surface area (Å²) in [7, 11) is 0. The number of hydrogen-bond donors (Lipinski definition) is 2. The summed E-state index contributed by atoms with van der Waals surface area (Å²) in [5.74, 6) is 2.17. The van der Waals surface area contributed by atoms with Crippen LogP contribution in [0.25, 0.3) is 11.4 Å². The Kier molecular flexibility index (Phi) is 3.21. The molecule has 7 nitrogen and oxygen atoms in total. The zero-order valence-electron chi connectivity index (χ0n) is 11.9. The van der Waals surface area contributed by atoms with Gasteiger partial charge in [0.2, 0.25) is 5.95 Å². The molecule has 1 aliphatic heterocycles. The number of anilines is 1. The van der Waals surface area contributed by atoms with E-state index in [4.69, 9.17) is 10.3 Å². The molecule has 7 heteroatoms. The fraction of sp³-hybridized carbons (Fsp3) is 0.615. The highest BCUT2D eigenvalue weighted by atomic mass is 16.5. The third-order valence-corrected chi connectivity index (χ3v) is 4.23. The van der Waals surface area contributed by atoms with Crippen LogP contribution < -0.4 is 10.6 Å². The number of aromatic amines is 1. The number of H-pyrrole nitrogens is 1. The summed E-state index contributed by atoms with van der Waals surface area (Å²) in [6, 6.07) is 0. The first-order valence-electron chi connectivity index (χ1n) is 6.90. The fourth-order valence-electron chi connectivity index (χ4n) is 2.49. The minimum absolute atomic E-state index is 0.251. The SMILES string of the molecule is Cc1oncc1-c1nc(N2CCC(C)(CN)CC2)n[nH]1. The lowest BCUT2D eigenvalue weighted by Crippen LogP contribution is -2.42. The maximum absolute atomic E-state index is 5.83. The first kappa shape index (κ1) is 13.1. The highest BCUT2D eigenvalue weighted by Crippen LogP contribution is 2.31. The van der Waals surface area contributed by atoms with Crippen molar-refractivity contribution in [2.75, 3.05) is 24.5 Å². The smallest absolute Gasteiger partial charge is 0.245 e. The lowest BCUT2D eigenvalue weighted by Gasteiger charge is -2.38. The van der Waals surface area contributed by atoms with Crippen LogP contribution in [0.2, 0.25) is 0 Å². The van der Waals surface area contributed by atoms with Gasteiger partial charge in [-0.3, -0.25) is 5.10 Å². The van der Waals surface area contributed by atoms with E-state index in [1.807, 2.05) is 6.92 Å². The minimum Gasteiger partial charge on any atom is -0.361 e. The molecule has 1 fully saturated rings. The van der Waals surface area contributed by atoms with Crippen LogP contribution in [-0.4, -0.2) is 40.0 Å². The number of nitrogens with two attached hydrogens (primary N) is 1. The third kappa shape index (κ3) is 2.29. The Morgan fingerprint density at radius 2 is 2.20 bits per heavy atom. The van der Waals surface area contributed by atoms with Crippen molar-refractivity contribution in [1.82, 2.24) is 20.3 Å². The molecule has 1 saturated heterocycles. The van der Waals surface area contributed by atoms with E-state index in [1.165, 1.54) is 0 Å². The lowest BCUT2D eigenvalue weighted by atomic mass is 9.81. The van der Waals surface area contributed by atoms with Crippen LogP contribution in [0, 0.1) is 12.3 Å². The van der Waals surface area contributed by atoms with Gasteiger partial charge < -0.3 is 15.2 Å². The lowest BCUT2D eigenvalue weighted by molar-refractivity contribution is 0.257. The van der Waals surface area contributed by atoms with Crippen molar-refractivity contribution in [2.24, 2.45) is 11.1 Å². The Labute approximate surface area is 117 Å². The zero-order valence-corrected chi connectivity index (χ0v) is 11.9.